The first-order valence-corrected chi connectivity index (χ1v) is 11.6. The number of rotatable bonds is 5. The van der Waals surface area contributed by atoms with E-state index in [4.69, 9.17) is 10.00 Å². The molecule has 1 heterocycles. The maximum atomic E-state index is 15.7. The minimum Gasteiger partial charge on any atom is -0.455 e. The predicted octanol–water partition coefficient (Wildman–Crippen LogP) is 4.17. The van der Waals surface area contributed by atoms with Gasteiger partial charge in [0.25, 0.3) is 15.9 Å². The molecular formula is C24H19F2N3O4S. The van der Waals surface area contributed by atoms with E-state index in [1.165, 1.54) is 50.5 Å². The van der Waals surface area contributed by atoms with Gasteiger partial charge in [0.05, 0.1) is 11.1 Å². The van der Waals surface area contributed by atoms with Gasteiger partial charge >= 0.3 is 0 Å². The molecule has 1 N–H and O–H groups in total. The number of benzene rings is 2. The number of nitriles is 1. The van der Waals surface area contributed by atoms with Crippen molar-refractivity contribution in [1.82, 2.24) is 9.29 Å². The average molecular weight is 483 g/mol. The van der Waals surface area contributed by atoms with Crippen LogP contribution in [0.4, 0.5) is 8.78 Å². The number of carbonyl (C=O) groups is 1. The van der Waals surface area contributed by atoms with Crippen molar-refractivity contribution in [3.8, 4) is 11.8 Å². The van der Waals surface area contributed by atoms with Crippen LogP contribution in [-0.2, 0) is 10.0 Å². The van der Waals surface area contributed by atoms with E-state index in [2.05, 4.69) is 5.32 Å². The summed E-state index contributed by atoms with van der Waals surface area (Å²) in [5, 5.41) is 11.9. The Morgan fingerprint density at radius 1 is 1.24 bits per heavy atom. The summed E-state index contributed by atoms with van der Waals surface area (Å²) >= 11 is 0. The molecule has 1 aliphatic carbocycles. The minimum absolute atomic E-state index is 0.0176. The number of nitrogens with zero attached hydrogens (tertiary/aromatic N) is 2. The van der Waals surface area contributed by atoms with Gasteiger partial charge in [0.1, 0.15) is 22.4 Å². The van der Waals surface area contributed by atoms with Gasteiger partial charge in [-0.25, -0.2) is 21.2 Å². The van der Waals surface area contributed by atoms with Crippen molar-refractivity contribution < 1.29 is 26.7 Å². The van der Waals surface area contributed by atoms with Crippen molar-refractivity contribution in [3.05, 3.63) is 89.3 Å². The van der Waals surface area contributed by atoms with E-state index in [9.17, 15) is 17.6 Å². The molecule has 174 valence electrons. The molecule has 34 heavy (non-hydrogen) atoms. The van der Waals surface area contributed by atoms with Crippen LogP contribution in [0.3, 0.4) is 0 Å². The number of nitrogens with one attached hydrogen (secondary N) is 1. The first kappa shape index (κ1) is 23.2. The number of fused-ring (bicyclic) bond motifs is 1. The minimum atomic E-state index is -4.38. The molecular weight excluding hydrogens is 464 g/mol. The molecule has 1 atom stereocenters. The lowest BCUT2D eigenvalue weighted by atomic mass is 9.99. The van der Waals surface area contributed by atoms with Crippen LogP contribution in [0.2, 0.25) is 0 Å². The van der Waals surface area contributed by atoms with Crippen LogP contribution in [0.5, 0.6) is 5.75 Å². The number of hydrogen-bond donors (Lipinski definition) is 1. The summed E-state index contributed by atoms with van der Waals surface area (Å²) in [6.45, 7) is 1.24. The molecule has 0 aliphatic heterocycles. The van der Waals surface area contributed by atoms with Crippen LogP contribution in [0.15, 0.2) is 72.4 Å². The second-order valence-electron chi connectivity index (χ2n) is 7.81. The fourth-order valence-electron chi connectivity index (χ4n) is 3.79. The summed E-state index contributed by atoms with van der Waals surface area (Å²) in [6, 6.07) is 11.1. The monoisotopic (exact) mass is 483 g/mol. The standard InChI is InChI=1S/C24H19F2N3O4S/c1-24(11-4-7-21(22(24)26)33-16-8-9-19(25)15(13-16)14-27)34(31,32)29-12-10-17-18(23(30)28-2)5-3-6-20(17)29/h3-10,12-13H,11H2,1-2H3,(H,28,30). The maximum absolute atomic E-state index is 15.7. The summed E-state index contributed by atoms with van der Waals surface area (Å²) < 4.78 is 61.1. The second-order valence-corrected chi connectivity index (χ2v) is 10.0. The van der Waals surface area contributed by atoms with Gasteiger partial charge in [-0.15, -0.1) is 0 Å². The lowest BCUT2D eigenvalue weighted by Gasteiger charge is -2.30. The molecule has 4 rings (SSSR count). The Labute approximate surface area is 194 Å². The lowest BCUT2D eigenvalue weighted by molar-refractivity contribution is 0.0964. The number of carbonyl (C=O) groups excluding carboxylic acids is 1. The molecule has 2 aromatic carbocycles. The Balaban J connectivity index is 1.79. The summed E-state index contributed by atoms with van der Waals surface area (Å²) in [5.41, 5.74) is 0.219. The average Bonchev–Trinajstić information content (AvgIpc) is 3.27. The highest BCUT2D eigenvalue weighted by Crippen LogP contribution is 2.40. The number of ether oxygens (including phenoxy) is 1. The molecule has 0 bridgehead atoms. The molecule has 1 amide bonds. The van der Waals surface area contributed by atoms with Crippen molar-refractivity contribution in [2.45, 2.75) is 18.1 Å². The van der Waals surface area contributed by atoms with Crippen LogP contribution >= 0.6 is 0 Å². The van der Waals surface area contributed by atoms with Gasteiger partial charge in [-0.1, -0.05) is 12.1 Å². The summed E-state index contributed by atoms with van der Waals surface area (Å²) in [7, 11) is -2.91. The number of hydrogen-bond acceptors (Lipinski definition) is 5. The highest BCUT2D eigenvalue weighted by atomic mass is 32.2. The SMILES string of the molecule is CNC(=O)c1cccc2c1ccn2S(=O)(=O)C1(C)CC=CC(Oc2ccc(F)c(C#N)c2)=C1F. The Morgan fingerprint density at radius 3 is 2.71 bits per heavy atom. The largest absolute Gasteiger partial charge is 0.455 e. The number of allylic oxidation sites excluding steroid dienone is 2. The van der Waals surface area contributed by atoms with Crippen LogP contribution in [-0.4, -0.2) is 30.1 Å². The molecule has 1 aromatic heterocycles. The molecule has 0 saturated heterocycles. The van der Waals surface area contributed by atoms with E-state index in [0.29, 0.717) is 5.39 Å². The molecule has 7 nitrogen and oxygen atoms in total. The Morgan fingerprint density at radius 2 is 2.00 bits per heavy atom. The summed E-state index contributed by atoms with van der Waals surface area (Å²) in [5.74, 6) is -2.56. The van der Waals surface area contributed by atoms with Crippen LogP contribution in [0, 0.1) is 17.1 Å². The Bertz CT molecular complexity index is 1530. The topological polar surface area (TPSA) is 101 Å². The van der Waals surface area contributed by atoms with Crippen molar-refractivity contribution in [1.29, 1.82) is 5.26 Å². The maximum Gasteiger partial charge on any atom is 0.251 e. The molecule has 1 unspecified atom stereocenters. The third-order valence-electron chi connectivity index (χ3n) is 5.74. The molecule has 1 aliphatic rings. The molecule has 3 aromatic rings. The number of halogens is 2. The third-order valence-corrected chi connectivity index (χ3v) is 8.06. The van der Waals surface area contributed by atoms with E-state index in [0.717, 1.165) is 16.1 Å². The van der Waals surface area contributed by atoms with Crippen molar-refractivity contribution in [3.63, 3.8) is 0 Å². The predicted molar refractivity (Wildman–Crippen MR) is 122 cm³/mol. The summed E-state index contributed by atoms with van der Waals surface area (Å²) in [6.07, 6.45) is 3.87. The zero-order valence-electron chi connectivity index (χ0n) is 18.2. The van der Waals surface area contributed by atoms with Gasteiger partial charge in [-0.05, 0) is 49.8 Å². The van der Waals surface area contributed by atoms with Gasteiger partial charge < -0.3 is 10.1 Å². The Hall–Kier alpha value is -3.97. The first-order valence-electron chi connectivity index (χ1n) is 10.2. The van der Waals surface area contributed by atoms with Crippen LogP contribution in [0.1, 0.15) is 29.3 Å². The van der Waals surface area contributed by atoms with Gasteiger partial charge in [-0.3, -0.25) is 4.79 Å². The van der Waals surface area contributed by atoms with Crippen LogP contribution in [0.25, 0.3) is 10.9 Å². The quantitative estimate of drug-likeness (QED) is 0.587. The van der Waals surface area contributed by atoms with Crippen LogP contribution < -0.4 is 10.1 Å². The van der Waals surface area contributed by atoms with Gasteiger partial charge in [-0.2, -0.15) is 5.26 Å². The fourth-order valence-corrected chi connectivity index (χ4v) is 5.50. The zero-order chi connectivity index (χ0) is 24.7. The molecule has 0 saturated carbocycles. The highest BCUT2D eigenvalue weighted by molar-refractivity contribution is 7.91. The zero-order valence-corrected chi connectivity index (χ0v) is 19.0. The third kappa shape index (κ3) is 3.54. The second kappa shape index (κ2) is 8.43. The highest BCUT2D eigenvalue weighted by Gasteiger charge is 2.48. The lowest BCUT2D eigenvalue weighted by Crippen LogP contribution is -2.41. The molecule has 0 spiro atoms. The first-order chi connectivity index (χ1) is 16.1. The van der Waals surface area contributed by atoms with E-state index in [1.54, 1.807) is 18.2 Å². The summed E-state index contributed by atoms with van der Waals surface area (Å²) in [4.78, 5) is 12.2. The van der Waals surface area contributed by atoms with Gasteiger partial charge in [0.2, 0.25) is 0 Å². The Kier molecular flexibility index (Phi) is 5.75. The molecule has 0 radical (unpaired) electrons. The van der Waals surface area contributed by atoms with Gasteiger partial charge in [0.15, 0.2) is 11.6 Å². The van der Waals surface area contributed by atoms with E-state index in [-0.39, 0.29) is 40.5 Å². The van der Waals surface area contributed by atoms with E-state index in [1.807, 2.05) is 0 Å². The van der Waals surface area contributed by atoms with E-state index < -0.39 is 26.4 Å². The van der Waals surface area contributed by atoms with E-state index >= 15 is 4.39 Å². The smallest absolute Gasteiger partial charge is 0.251 e. The van der Waals surface area contributed by atoms with Crippen molar-refractivity contribution >= 4 is 26.8 Å². The molecule has 10 heteroatoms. The fraction of sp³-hybridized carbons (Fsp3) is 0.167. The normalized spacial score (nSPS) is 18.1. The molecule has 0 fully saturated rings. The van der Waals surface area contributed by atoms with Crippen molar-refractivity contribution in [2.24, 2.45) is 0 Å². The van der Waals surface area contributed by atoms with Crippen molar-refractivity contribution in [2.75, 3.05) is 7.05 Å². The number of amides is 1. The number of aromatic nitrogens is 1. The van der Waals surface area contributed by atoms with Gasteiger partial charge in [0, 0.05) is 30.3 Å².